The molecular formula is C26H19Cl4NO2. The molecule has 5 rings (SSSR count). The summed E-state index contributed by atoms with van der Waals surface area (Å²) in [5.74, 6) is -0.575. The van der Waals surface area contributed by atoms with Crippen LogP contribution < -0.4 is 4.90 Å². The van der Waals surface area contributed by atoms with Gasteiger partial charge in [0.2, 0.25) is 0 Å². The molecule has 168 valence electrons. The van der Waals surface area contributed by atoms with E-state index in [0.717, 1.165) is 29.8 Å². The Morgan fingerprint density at radius 3 is 2.09 bits per heavy atom. The molecule has 0 amide bonds. The number of fused-ring (bicyclic) bond motifs is 1. The van der Waals surface area contributed by atoms with Gasteiger partial charge in [0, 0.05) is 24.3 Å². The van der Waals surface area contributed by atoms with Crippen molar-refractivity contribution in [1.29, 1.82) is 0 Å². The van der Waals surface area contributed by atoms with Crippen molar-refractivity contribution in [2.24, 2.45) is 0 Å². The van der Waals surface area contributed by atoms with E-state index >= 15 is 0 Å². The van der Waals surface area contributed by atoms with Gasteiger partial charge in [-0.1, -0.05) is 88.9 Å². The van der Waals surface area contributed by atoms with Gasteiger partial charge in [-0.15, -0.1) is 0 Å². The van der Waals surface area contributed by atoms with E-state index in [0.29, 0.717) is 5.56 Å². The molecule has 7 heteroatoms. The van der Waals surface area contributed by atoms with Crippen molar-refractivity contribution in [3.05, 3.63) is 103 Å². The summed E-state index contributed by atoms with van der Waals surface area (Å²) in [4.78, 5) is 15.0. The molecule has 1 atom stereocenters. The molecule has 0 N–H and O–H groups in total. The van der Waals surface area contributed by atoms with Crippen molar-refractivity contribution >= 4 is 63.6 Å². The van der Waals surface area contributed by atoms with E-state index in [4.69, 9.17) is 51.1 Å². The van der Waals surface area contributed by atoms with Gasteiger partial charge in [0.05, 0.1) is 25.7 Å². The minimum Gasteiger partial charge on any atom is -0.449 e. The smallest absolute Gasteiger partial charge is 0.341 e. The predicted octanol–water partition coefficient (Wildman–Crippen LogP) is 8.24. The Morgan fingerprint density at radius 2 is 1.42 bits per heavy atom. The quantitative estimate of drug-likeness (QED) is 0.198. The van der Waals surface area contributed by atoms with Crippen molar-refractivity contribution < 1.29 is 9.53 Å². The second kappa shape index (κ2) is 9.23. The maximum absolute atomic E-state index is 12.7. The van der Waals surface area contributed by atoms with E-state index in [1.807, 2.05) is 36.4 Å². The van der Waals surface area contributed by atoms with Crippen LogP contribution in [0.2, 0.25) is 20.1 Å². The highest BCUT2D eigenvalue weighted by atomic mass is 35.5. The summed E-state index contributed by atoms with van der Waals surface area (Å²) in [7, 11) is 0. The van der Waals surface area contributed by atoms with E-state index in [1.165, 1.54) is 18.5 Å². The number of hydrogen-bond acceptors (Lipinski definition) is 3. The third-order valence-electron chi connectivity index (χ3n) is 6.08. The molecule has 0 bridgehead atoms. The molecule has 0 aromatic heterocycles. The molecule has 0 aliphatic carbocycles. The molecule has 1 fully saturated rings. The molecule has 1 unspecified atom stereocenters. The lowest BCUT2D eigenvalue weighted by molar-refractivity contribution is 0.0468. The number of benzene rings is 3. The number of carbonyl (C=O) groups excluding carboxylic acids is 1. The first kappa shape index (κ1) is 22.6. The highest BCUT2D eigenvalue weighted by Crippen LogP contribution is 2.49. The van der Waals surface area contributed by atoms with Crippen LogP contribution >= 0.6 is 46.4 Å². The fraction of sp³-hybridized carbons (Fsp3) is 0.192. The Morgan fingerprint density at radius 1 is 0.818 bits per heavy atom. The summed E-state index contributed by atoms with van der Waals surface area (Å²) in [6.45, 7) is 2.16. The SMILES string of the molecule is O=C1OC(/C=C(\c2ccccc2)c2ccc(N3CCCC3)cc2)c2c(Cl)c(Cl)c(Cl)c(Cl)c21. The predicted molar refractivity (Wildman–Crippen MR) is 136 cm³/mol. The lowest BCUT2D eigenvalue weighted by Crippen LogP contribution is -2.17. The normalized spacial score (nSPS) is 17.9. The number of rotatable bonds is 4. The molecule has 0 saturated carbocycles. The summed E-state index contributed by atoms with van der Waals surface area (Å²) in [6.07, 6.45) is 3.58. The van der Waals surface area contributed by atoms with Crippen LogP contribution in [0.15, 0.2) is 60.7 Å². The molecule has 3 aromatic rings. The third kappa shape index (κ3) is 4.13. The van der Waals surface area contributed by atoms with Crippen molar-refractivity contribution in [1.82, 2.24) is 0 Å². The molecule has 2 aliphatic heterocycles. The Kier molecular flexibility index (Phi) is 6.32. The maximum atomic E-state index is 12.7. The second-order valence-electron chi connectivity index (χ2n) is 8.06. The van der Waals surface area contributed by atoms with Crippen LogP contribution in [0.5, 0.6) is 0 Å². The Balaban J connectivity index is 1.61. The first-order valence-corrected chi connectivity index (χ1v) is 12.2. The zero-order valence-corrected chi connectivity index (χ0v) is 20.5. The zero-order chi connectivity index (χ0) is 23.1. The average Bonchev–Trinajstić information content (AvgIpc) is 3.49. The minimum absolute atomic E-state index is 0.0458. The number of hydrogen-bond donors (Lipinski definition) is 0. The van der Waals surface area contributed by atoms with Gasteiger partial charge >= 0.3 is 5.97 Å². The van der Waals surface area contributed by atoms with Crippen LogP contribution in [0, 0.1) is 0 Å². The van der Waals surface area contributed by atoms with Crippen molar-refractivity contribution in [2.75, 3.05) is 18.0 Å². The first-order chi connectivity index (χ1) is 16.0. The largest absolute Gasteiger partial charge is 0.449 e. The third-order valence-corrected chi connectivity index (χ3v) is 7.90. The van der Waals surface area contributed by atoms with Crippen molar-refractivity contribution in [3.8, 4) is 0 Å². The summed E-state index contributed by atoms with van der Waals surface area (Å²) in [5, 5.41) is 0.377. The van der Waals surface area contributed by atoms with Gasteiger partial charge in [-0.05, 0) is 47.8 Å². The van der Waals surface area contributed by atoms with Gasteiger partial charge in [-0.2, -0.15) is 0 Å². The van der Waals surface area contributed by atoms with E-state index < -0.39 is 12.1 Å². The van der Waals surface area contributed by atoms with E-state index in [1.54, 1.807) is 0 Å². The molecule has 33 heavy (non-hydrogen) atoms. The molecule has 0 radical (unpaired) electrons. The Hall–Kier alpha value is -2.17. The number of halogens is 4. The number of esters is 1. The van der Waals surface area contributed by atoms with Gasteiger partial charge in [-0.3, -0.25) is 0 Å². The van der Waals surface area contributed by atoms with Crippen LogP contribution in [0.4, 0.5) is 5.69 Å². The molecule has 3 nitrogen and oxygen atoms in total. The fourth-order valence-electron chi connectivity index (χ4n) is 4.42. The van der Waals surface area contributed by atoms with E-state index in [2.05, 4.69) is 29.2 Å². The highest BCUT2D eigenvalue weighted by Gasteiger charge is 2.37. The second-order valence-corrected chi connectivity index (χ2v) is 9.57. The molecule has 0 spiro atoms. The zero-order valence-electron chi connectivity index (χ0n) is 17.5. The van der Waals surface area contributed by atoms with Gasteiger partial charge in [0.25, 0.3) is 0 Å². The molecule has 1 saturated heterocycles. The Bertz CT molecular complexity index is 1250. The maximum Gasteiger partial charge on any atom is 0.341 e. The number of nitrogens with zero attached hydrogens (tertiary/aromatic N) is 1. The van der Waals surface area contributed by atoms with Crippen LogP contribution in [0.3, 0.4) is 0 Å². The van der Waals surface area contributed by atoms with Gasteiger partial charge < -0.3 is 9.64 Å². The van der Waals surface area contributed by atoms with Crippen LogP contribution in [0.1, 0.15) is 46.0 Å². The lowest BCUT2D eigenvalue weighted by atomic mass is 9.94. The monoisotopic (exact) mass is 517 g/mol. The van der Waals surface area contributed by atoms with Gasteiger partial charge in [0.1, 0.15) is 6.10 Å². The Labute approximate surface area is 212 Å². The molecule has 2 heterocycles. The average molecular weight is 519 g/mol. The summed E-state index contributed by atoms with van der Waals surface area (Å²) >= 11 is 25.3. The van der Waals surface area contributed by atoms with Crippen LogP contribution in [0.25, 0.3) is 5.57 Å². The number of carbonyl (C=O) groups is 1. The number of anilines is 1. The molecule has 3 aromatic carbocycles. The highest BCUT2D eigenvalue weighted by molar-refractivity contribution is 6.53. The van der Waals surface area contributed by atoms with E-state index in [-0.39, 0.29) is 25.7 Å². The lowest BCUT2D eigenvalue weighted by Gasteiger charge is -2.19. The number of ether oxygens (including phenoxy) is 1. The number of cyclic esters (lactones) is 1. The molecular weight excluding hydrogens is 500 g/mol. The van der Waals surface area contributed by atoms with Gasteiger partial charge in [-0.25, -0.2) is 4.79 Å². The summed E-state index contributed by atoms with van der Waals surface area (Å²) in [6, 6.07) is 18.4. The van der Waals surface area contributed by atoms with Crippen molar-refractivity contribution in [2.45, 2.75) is 18.9 Å². The van der Waals surface area contributed by atoms with Crippen molar-refractivity contribution in [3.63, 3.8) is 0 Å². The topological polar surface area (TPSA) is 29.5 Å². The van der Waals surface area contributed by atoms with Gasteiger partial charge in [0.15, 0.2) is 0 Å². The van der Waals surface area contributed by atoms with Crippen LogP contribution in [-0.4, -0.2) is 19.1 Å². The van der Waals surface area contributed by atoms with E-state index in [9.17, 15) is 4.79 Å². The minimum atomic E-state index is -0.749. The fourth-order valence-corrected chi connectivity index (χ4v) is 5.47. The summed E-state index contributed by atoms with van der Waals surface area (Å²) in [5.41, 5.74) is 4.69. The first-order valence-electron chi connectivity index (χ1n) is 10.6. The standard InChI is InChI=1S/C26H19Cl4NO2/c27-22-20-19(33-26(32)21(20)23(28)25(30)24(22)29)14-18(15-6-2-1-3-7-15)16-8-10-17(11-9-16)31-12-4-5-13-31/h1-3,6-11,14,19H,4-5,12-13H2/b18-14+. The summed E-state index contributed by atoms with van der Waals surface area (Å²) < 4.78 is 5.67. The molecule has 2 aliphatic rings. The van der Waals surface area contributed by atoms with Crippen LogP contribution in [-0.2, 0) is 4.74 Å².